The fourth-order valence-corrected chi connectivity index (χ4v) is 3.23. The van der Waals surface area contributed by atoms with Crippen LogP contribution in [-0.4, -0.2) is 4.92 Å². The van der Waals surface area contributed by atoms with E-state index in [2.05, 4.69) is 0 Å². The van der Waals surface area contributed by atoms with Crippen LogP contribution in [0.15, 0.2) is 69.2 Å². The van der Waals surface area contributed by atoms with E-state index in [-0.39, 0.29) is 22.7 Å². The number of rotatable bonds is 2. The molecule has 0 bridgehead atoms. The topological polar surface area (TPSA) is 132 Å². The number of hydrogen-bond acceptors (Lipinski definition) is 7. The summed E-state index contributed by atoms with van der Waals surface area (Å²) in [5, 5.41) is 21.4. The molecule has 8 heteroatoms. The Morgan fingerprint density at radius 3 is 2.70 bits per heavy atom. The molecule has 0 aliphatic carbocycles. The van der Waals surface area contributed by atoms with E-state index in [0.29, 0.717) is 22.3 Å². The van der Waals surface area contributed by atoms with E-state index in [0.717, 1.165) is 0 Å². The van der Waals surface area contributed by atoms with E-state index in [1.807, 2.05) is 6.07 Å². The lowest BCUT2D eigenvalue weighted by atomic mass is 9.82. The van der Waals surface area contributed by atoms with Gasteiger partial charge in [-0.25, -0.2) is 4.79 Å². The summed E-state index contributed by atoms with van der Waals surface area (Å²) in [4.78, 5) is 22.4. The van der Waals surface area contributed by atoms with Gasteiger partial charge in [-0.15, -0.1) is 0 Å². The Morgan fingerprint density at radius 1 is 1.19 bits per heavy atom. The van der Waals surface area contributed by atoms with Crippen molar-refractivity contribution in [2.24, 2.45) is 5.73 Å². The zero-order chi connectivity index (χ0) is 19.1. The average Bonchev–Trinajstić information content (AvgIpc) is 2.66. The van der Waals surface area contributed by atoms with Gasteiger partial charge in [0.2, 0.25) is 5.88 Å². The van der Waals surface area contributed by atoms with Crippen LogP contribution in [0, 0.1) is 21.4 Å². The standard InChI is InChI=1S/C19H11N3O5/c20-9-13-16(11-2-1-3-12(8-11)22(24)25)17-14(26-19(13)21)6-4-10-5-7-15(23)27-18(10)17/h1-8,16H,21H2/t16-/m1/s1. The van der Waals surface area contributed by atoms with E-state index in [9.17, 15) is 20.2 Å². The quantitative estimate of drug-likeness (QED) is 0.421. The minimum atomic E-state index is -0.770. The lowest BCUT2D eigenvalue weighted by Gasteiger charge is -2.26. The molecule has 3 aromatic rings. The third-order valence-corrected chi connectivity index (χ3v) is 4.39. The monoisotopic (exact) mass is 361 g/mol. The predicted molar refractivity (Wildman–Crippen MR) is 94.9 cm³/mol. The minimum Gasteiger partial charge on any atom is -0.440 e. The van der Waals surface area contributed by atoms with Crippen molar-refractivity contribution < 1.29 is 14.1 Å². The largest absolute Gasteiger partial charge is 0.440 e. The van der Waals surface area contributed by atoms with E-state index in [1.54, 1.807) is 24.3 Å². The van der Waals surface area contributed by atoms with E-state index < -0.39 is 16.5 Å². The van der Waals surface area contributed by atoms with Crippen LogP contribution in [0.1, 0.15) is 17.0 Å². The molecule has 0 saturated heterocycles. The van der Waals surface area contributed by atoms with Gasteiger partial charge in [-0.05, 0) is 23.8 Å². The Morgan fingerprint density at radius 2 is 1.96 bits per heavy atom. The summed E-state index contributed by atoms with van der Waals surface area (Å²) in [5.41, 5.74) is 6.45. The smallest absolute Gasteiger partial charge is 0.336 e. The summed E-state index contributed by atoms with van der Waals surface area (Å²) < 4.78 is 10.9. The van der Waals surface area contributed by atoms with Crippen LogP contribution < -0.4 is 16.1 Å². The third kappa shape index (κ3) is 2.58. The summed E-state index contributed by atoms with van der Waals surface area (Å²) in [6.07, 6.45) is 0. The van der Waals surface area contributed by atoms with Gasteiger partial charge in [-0.2, -0.15) is 5.26 Å². The van der Waals surface area contributed by atoms with Gasteiger partial charge in [0.05, 0.1) is 16.4 Å². The molecular weight excluding hydrogens is 350 g/mol. The van der Waals surface area contributed by atoms with Crippen LogP contribution in [0.2, 0.25) is 0 Å². The number of nitrogens with zero attached hydrogens (tertiary/aromatic N) is 2. The van der Waals surface area contributed by atoms with Gasteiger partial charge >= 0.3 is 5.63 Å². The second kappa shape index (κ2) is 6.00. The zero-order valence-corrected chi connectivity index (χ0v) is 13.7. The highest BCUT2D eigenvalue weighted by Gasteiger charge is 2.34. The molecule has 0 spiro atoms. The summed E-state index contributed by atoms with van der Waals surface area (Å²) >= 11 is 0. The third-order valence-electron chi connectivity index (χ3n) is 4.39. The number of allylic oxidation sites excluding steroid dienone is 1. The van der Waals surface area contributed by atoms with Crippen LogP contribution in [0.25, 0.3) is 11.0 Å². The van der Waals surface area contributed by atoms with E-state index in [4.69, 9.17) is 14.9 Å². The highest BCUT2D eigenvalue weighted by molar-refractivity contribution is 5.85. The van der Waals surface area contributed by atoms with Crippen molar-refractivity contribution in [1.82, 2.24) is 0 Å². The lowest BCUT2D eigenvalue weighted by molar-refractivity contribution is -0.384. The van der Waals surface area contributed by atoms with Crippen molar-refractivity contribution in [2.75, 3.05) is 0 Å². The van der Waals surface area contributed by atoms with Crippen LogP contribution >= 0.6 is 0 Å². The van der Waals surface area contributed by atoms with Crippen molar-refractivity contribution >= 4 is 16.7 Å². The summed E-state index contributed by atoms with van der Waals surface area (Å²) in [5.74, 6) is -0.545. The first-order valence-electron chi connectivity index (χ1n) is 7.88. The Balaban J connectivity index is 2.07. The Labute approximate surface area is 151 Å². The maximum Gasteiger partial charge on any atom is 0.336 e. The van der Waals surface area contributed by atoms with Crippen LogP contribution in [0.5, 0.6) is 5.75 Å². The number of nitro benzene ring substituents is 1. The van der Waals surface area contributed by atoms with Crippen molar-refractivity contribution in [3.8, 4) is 11.8 Å². The van der Waals surface area contributed by atoms with Gasteiger partial charge in [-0.1, -0.05) is 12.1 Å². The normalized spacial score (nSPS) is 15.7. The SMILES string of the molecule is N#CC1=C(N)Oc2ccc3ccc(=O)oc3c2[C@@H]1c1cccc([N+](=O)[O-])c1. The van der Waals surface area contributed by atoms with E-state index in [1.165, 1.54) is 24.3 Å². The number of non-ortho nitro benzene ring substituents is 1. The number of benzene rings is 2. The number of fused-ring (bicyclic) bond motifs is 3. The molecule has 8 nitrogen and oxygen atoms in total. The second-order valence-electron chi connectivity index (χ2n) is 5.93. The summed E-state index contributed by atoms with van der Waals surface area (Å²) in [7, 11) is 0. The zero-order valence-electron chi connectivity index (χ0n) is 13.7. The van der Waals surface area contributed by atoms with Gasteiger partial charge < -0.3 is 14.9 Å². The molecule has 1 aliphatic heterocycles. The first-order valence-corrected chi connectivity index (χ1v) is 7.88. The summed E-state index contributed by atoms with van der Waals surface area (Å²) in [6, 6.07) is 14.1. The number of hydrogen-bond donors (Lipinski definition) is 1. The van der Waals surface area contributed by atoms with Crippen LogP contribution in [0.3, 0.4) is 0 Å². The number of nitriles is 1. The van der Waals surface area contributed by atoms with Gasteiger partial charge in [0, 0.05) is 23.6 Å². The second-order valence-corrected chi connectivity index (χ2v) is 5.93. The average molecular weight is 361 g/mol. The molecule has 2 heterocycles. The first kappa shape index (κ1) is 16.4. The molecular formula is C19H11N3O5. The van der Waals surface area contributed by atoms with Crippen LogP contribution in [0.4, 0.5) is 5.69 Å². The minimum absolute atomic E-state index is 0.0852. The maximum absolute atomic E-state index is 11.8. The molecule has 0 fully saturated rings. The molecule has 0 unspecified atom stereocenters. The van der Waals surface area contributed by atoms with Crippen molar-refractivity contribution in [1.29, 1.82) is 5.26 Å². The first-order chi connectivity index (χ1) is 13.0. The highest BCUT2D eigenvalue weighted by Crippen LogP contribution is 2.45. The Kier molecular flexibility index (Phi) is 3.63. The predicted octanol–water partition coefficient (Wildman–Crippen LogP) is 2.92. The number of nitrogens with two attached hydrogens (primary N) is 1. The van der Waals surface area contributed by atoms with Crippen molar-refractivity contribution in [2.45, 2.75) is 5.92 Å². The molecule has 2 N–H and O–H groups in total. The lowest BCUT2D eigenvalue weighted by Crippen LogP contribution is -2.21. The molecule has 4 rings (SSSR count). The molecule has 1 aromatic heterocycles. The molecule has 0 saturated carbocycles. The van der Waals surface area contributed by atoms with Crippen LogP contribution in [-0.2, 0) is 0 Å². The van der Waals surface area contributed by atoms with Gasteiger partial charge in [0.25, 0.3) is 5.69 Å². The fraction of sp³-hybridized carbons (Fsp3) is 0.0526. The molecule has 1 atom stereocenters. The number of nitro groups is 1. The molecule has 2 aromatic carbocycles. The molecule has 27 heavy (non-hydrogen) atoms. The molecule has 132 valence electrons. The van der Waals surface area contributed by atoms with Gasteiger partial charge in [-0.3, -0.25) is 10.1 Å². The fourth-order valence-electron chi connectivity index (χ4n) is 3.23. The van der Waals surface area contributed by atoms with E-state index >= 15 is 0 Å². The highest BCUT2D eigenvalue weighted by atomic mass is 16.6. The maximum atomic E-state index is 11.8. The molecule has 1 aliphatic rings. The molecule has 0 radical (unpaired) electrons. The molecule has 0 amide bonds. The van der Waals surface area contributed by atoms with Crippen molar-refractivity contribution in [3.05, 3.63) is 91.6 Å². The number of ether oxygens (including phenoxy) is 1. The van der Waals surface area contributed by atoms with Gasteiger partial charge in [0.15, 0.2) is 0 Å². The Hall–Kier alpha value is -4.12. The Bertz CT molecular complexity index is 1240. The van der Waals surface area contributed by atoms with Gasteiger partial charge in [0.1, 0.15) is 23.0 Å². The van der Waals surface area contributed by atoms with Crippen molar-refractivity contribution in [3.63, 3.8) is 0 Å². The summed E-state index contributed by atoms with van der Waals surface area (Å²) in [6.45, 7) is 0.